The minimum atomic E-state index is -3.46. The monoisotopic (exact) mass is 376 g/mol. The van der Waals surface area contributed by atoms with Crippen LogP contribution in [0.1, 0.15) is 36.8 Å². The summed E-state index contributed by atoms with van der Waals surface area (Å²) in [4.78, 5) is 2.36. The van der Waals surface area contributed by atoms with E-state index in [2.05, 4.69) is 10.2 Å². The molecule has 0 radical (unpaired) electrons. The van der Waals surface area contributed by atoms with Crippen molar-refractivity contribution in [2.75, 3.05) is 31.1 Å². The van der Waals surface area contributed by atoms with Crippen LogP contribution in [0.2, 0.25) is 0 Å². The number of hydrogen-bond donors (Lipinski definition) is 0. The maximum absolute atomic E-state index is 13.0. The Bertz CT molecular complexity index is 886. The molecule has 1 aliphatic heterocycles. The molecule has 8 heteroatoms. The molecule has 1 aliphatic carbocycles. The van der Waals surface area contributed by atoms with Crippen molar-refractivity contribution in [1.82, 2.24) is 14.5 Å². The van der Waals surface area contributed by atoms with Crippen molar-refractivity contribution < 1.29 is 12.8 Å². The maximum Gasteiger partial charge on any atom is 0.318 e. The molecular weight excluding hydrogens is 352 g/mol. The minimum Gasteiger partial charge on any atom is -0.408 e. The van der Waals surface area contributed by atoms with E-state index in [0.29, 0.717) is 49.4 Å². The Morgan fingerprint density at radius 1 is 1.04 bits per heavy atom. The van der Waals surface area contributed by atoms with Crippen molar-refractivity contribution in [3.63, 3.8) is 0 Å². The molecule has 26 heavy (non-hydrogen) atoms. The zero-order chi connectivity index (χ0) is 18.1. The van der Waals surface area contributed by atoms with Gasteiger partial charge in [-0.1, -0.05) is 18.1 Å². The third-order valence-electron chi connectivity index (χ3n) is 5.23. The van der Waals surface area contributed by atoms with Crippen LogP contribution in [0.25, 0.3) is 0 Å². The first-order valence-electron chi connectivity index (χ1n) is 9.27. The van der Waals surface area contributed by atoms with Crippen LogP contribution in [0.4, 0.5) is 6.01 Å². The lowest BCUT2D eigenvalue weighted by Crippen LogP contribution is -2.48. The van der Waals surface area contributed by atoms with E-state index >= 15 is 0 Å². The Morgan fingerprint density at radius 3 is 2.46 bits per heavy atom. The van der Waals surface area contributed by atoms with Gasteiger partial charge in [-0.3, -0.25) is 0 Å². The van der Waals surface area contributed by atoms with Gasteiger partial charge in [-0.05, 0) is 48.9 Å². The van der Waals surface area contributed by atoms with Crippen molar-refractivity contribution >= 4 is 16.0 Å². The van der Waals surface area contributed by atoms with E-state index in [9.17, 15) is 8.42 Å². The predicted octanol–water partition coefficient (Wildman–Crippen LogP) is 2.02. The van der Waals surface area contributed by atoms with Crippen LogP contribution in [0.3, 0.4) is 0 Å². The zero-order valence-electron chi connectivity index (χ0n) is 15.0. The summed E-state index contributed by atoms with van der Waals surface area (Å²) in [5.74, 6) is 0.601. The third-order valence-corrected chi connectivity index (χ3v) is 7.12. The van der Waals surface area contributed by atoms with E-state index in [4.69, 9.17) is 4.42 Å². The van der Waals surface area contributed by atoms with E-state index in [1.807, 2.05) is 24.0 Å². The summed E-state index contributed by atoms with van der Waals surface area (Å²) in [6.07, 6.45) is 5.05. The van der Waals surface area contributed by atoms with Crippen LogP contribution in [-0.2, 0) is 29.3 Å². The van der Waals surface area contributed by atoms with Gasteiger partial charge in [-0.25, -0.2) is 8.42 Å². The molecule has 0 atom stereocenters. The van der Waals surface area contributed by atoms with E-state index in [1.54, 1.807) is 10.4 Å². The van der Waals surface area contributed by atoms with Crippen molar-refractivity contribution in [3.8, 4) is 0 Å². The second kappa shape index (κ2) is 7.00. The highest BCUT2D eigenvalue weighted by Gasteiger charge is 2.30. The quantitative estimate of drug-likeness (QED) is 0.812. The fraction of sp³-hybridized carbons (Fsp3) is 0.556. The zero-order valence-corrected chi connectivity index (χ0v) is 15.8. The van der Waals surface area contributed by atoms with Gasteiger partial charge in [0.25, 0.3) is 0 Å². The molecule has 0 amide bonds. The van der Waals surface area contributed by atoms with Crippen LogP contribution >= 0.6 is 0 Å². The molecule has 0 saturated carbocycles. The highest BCUT2D eigenvalue weighted by molar-refractivity contribution is 7.89. The molecule has 0 unspecified atom stereocenters. The van der Waals surface area contributed by atoms with Gasteiger partial charge < -0.3 is 9.32 Å². The first-order valence-corrected chi connectivity index (χ1v) is 10.7. The van der Waals surface area contributed by atoms with Crippen LogP contribution in [0.15, 0.2) is 27.5 Å². The summed E-state index contributed by atoms with van der Waals surface area (Å²) >= 11 is 0. The van der Waals surface area contributed by atoms with Gasteiger partial charge in [-0.15, -0.1) is 5.10 Å². The first-order chi connectivity index (χ1) is 12.6. The third kappa shape index (κ3) is 3.23. The molecule has 0 N–H and O–H groups in total. The minimum absolute atomic E-state index is 0.414. The number of benzene rings is 1. The molecular formula is C18H24N4O3S. The van der Waals surface area contributed by atoms with Crippen LogP contribution < -0.4 is 4.90 Å². The molecule has 2 heterocycles. The Hall–Kier alpha value is -1.93. The first kappa shape index (κ1) is 17.5. The van der Waals surface area contributed by atoms with Gasteiger partial charge in [0.1, 0.15) is 0 Å². The molecule has 4 rings (SSSR count). The van der Waals surface area contributed by atoms with Gasteiger partial charge in [0.15, 0.2) is 0 Å². The Balaban J connectivity index is 1.47. The fourth-order valence-electron chi connectivity index (χ4n) is 3.65. The van der Waals surface area contributed by atoms with Gasteiger partial charge in [0.2, 0.25) is 15.9 Å². The lowest BCUT2D eigenvalue weighted by Gasteiger charge is -2.33. The molecule has 1 saturated heterocycles. The maximum atomic E-state index is 13.0. The van der Waals surface area contributed by atoms with Gasteiger partial charge >= 0.3 is 6.01 Å². The van der Waals surface area contributed by atoms with Crippen molar-refractivity contribution in [2.24, 2.45) is 0 Å². The van der Waals surface area contributed by atoms with Gasteiger partial charge in [-0.2, -0.15) is 4.31 Å². The van der Waals surface area contributed by atoms with E-state index in [1.165, 1.54) is 17.5 Å². The highest BCUT2D eigenvalue weighted by atomic mass is 32.2. The summed E-state index contributed by atoms with van der Waals surface area (Å²) in [5, 5.41) is 8.02. The summed E-state index contributed by atoms with van der Waals surface area (Å²) in [6, 6.07) is 6.11. The Morgan fingerprint density at radius 2 is 1.77 bits per heavy atom. The number of piperazine rings is 1. The number of rotatable bonds is 4. The Labute approximate surface area is 154 Å². The fourth-order valence-corrected chi connectivity index (χ4v) is 5.13. The molecule has 0 bridgehead atoms. The molecule has 1 aromatic carbocycles. The summed E-state index contributed by atoms with van der Waals surface area (Å²) in [7, 11) is -3.46. The molecule has 2 aromatic rings. The SMILES string of the molecule is CCc1nnc(N2CCN(S(=O)(=O)c3ccc4c(c3)CCCC4)CC2)o1. The normalized spacial score (nSPS) is 18.7. The smallest absolute Gasteiger partial charge is 0.318 e. The number of hydrogen-bond acceptors (Lipinski definition) is 6. The highest BCUT2D eigenvalue weighted by Crippen LogP contribution is 2.26. The molecule has 1 aromatic heterocycles. The number of aromatic nitrogens is 2. The second-order valence-corrected chi connectivity index (χ2v) is 8.80. The van der Waals surface area contributed by atoms with Crippen LogP contribution in [0, 0.1) is 0 Å². The summed E-state index contributed by atoms with van der Waals surface area (Å²) in [5.41, 5.74) is 2.48. The number of anilines is 1. The standard InChI is InChI=1S/C18H24N4O3S/c1-2-17-19-20-18(25-17)21-9-11-22(12-10-21)26(23,24)16-8-7-14-5-3-4-6-15(14)13-16/h7-8,13H,2-6,9-12H2,1H3. The lowest BCUT2D eigenvalue weighted by atomic mass is 9.92. The van der Waals surface area contributed by atoms with Crippen molar-refractivity contribution in [2.45, 2.75) is 43.9 Å². The topological polar surface area (TPSA) is 79.5 Å². The van der Waals surface area contributed by atoms with Crippen LogP contribution in [0.5, 0.6) is 0 Å². The van der Waals surface area contributed by atoms with E-state index < -0.39 is 10.0 Å². The number of fused-ring (bicyclic) bond motifs is 1. The van der Waals surface area contributed by atoms with Gasteiger partial charge in [0, 0.05) is 32.6 Å². The second-order valence-electron chi connectivity index (χ2n) is 6.86. The van der Waals surface area contributed by atoms with E-state index in [0.717, 1.165) is 19.3 Å². The molecule has 7 nitrogen and oxygen atoms in total. The Kier molecular flexibility index (Phi) is 4.71. The largest absolute Gasteiger partial charge is 0.408 e. The van der Waals surface area contributed by atoms with Gasteiger partial charge in [0.05, 0.1) is 4.90 Å². The van der Waals surface area contributed by atoms with E-state index in [-0.39, 0.29) is 0 Å². The number of sulfonamides is 1. The van der Waals surface area contributed by atoms with Crippen molar-refractivity contribution in [1.29, 1.82) is 0 Å². The average molecular weight is 376 g/mol. The summed E-state index contributed by atoms with van der Waals surface area (Å²) in [6.45, 7) is 3.90. The molecule has 0 spiro atoms. The lowest BCUT2D eigenvalue weighted by molar-refractivity contribution is 0.369. The summed E-state index contributed by atoms with van der Waals surface area (Å²) < 4.78 is 33.2. The molecule has 140 valence electrons. The average Bonchev–Trinajstić information content (AvgIpc) is 3.17. The number of aryl methyl sites for hydroxylation is 3. The van der Waals surface area contributed by atoms with Crippen LogP contribution in [-0.4, -0.2) is 49.1 Å². The predicted molar refractivity (Wildman–Crippen MR) is 97.7 cm³/mol. The molecule has 1 fully saturated rings. The van der Waals surface area contributed by atoms with Crippen molar-refractivity contribution in [3.05, 3.63) is 35.2 Å². The molecule has 2 aliphatic rings. The number of nitrogens with zero attached hydrogens (tertiary/aromatic N) is 4.